The van der Waals surface area contributed by atoms with Crippen LogP contribution < -0.4 is 10.1 Å². The van der Waals surface area contributed by atoms with Crippen LogP contribution in [-0.4, -0.2) is 24.8 Å². The quantitative estimate of drug-likeness (QED) is 0.433. The molecule has 3 aromatic rings. The first-order valence-corrected chi connectivity index (χ1v) is 9.75. The number of esters is 1. The largest absolute Gasteiger partial charge is 0.496 e. The molecule has 158 valence electrons. The summed E-state index contributed by atoms with van der Waals surface area (Å²) in [6.45, 7) is 1.39. The van der Waals surface area contributed by atoms with Crippen molar-refractivity contribution in [2.45, 2.75) is 20.0 Å². The third kappa shape index (κ3) is 5.79. The number of hydrogen-bond donors (Lipinski definition) is 1. The molecule has 3 aromatic carbocycles. The number of ether oxygens (including phenoxy) is 2. The van der Waals surface area contributed by atoms with Gasteiger partial charge in [-0.1, -0.05) is 42.5 Å². The molecule has 0 fully saturated rings. The molecular formula is C25H23NO5. The van der Waals surface area contributed by atoms with Crippen molar-refractivity contribution in [2.75, 3.05) is 12.4 Å². The smallest absolute Gasteiger partial charge is 0.340 e. The van der Waals surface area contributed by atoms with E-state index in [1.807, 2.05) is 30.3 Å². The molecule has 0 saturated heterocycles. The van der Waals surface area contributed by atoms with Crippen molar-refractivity contribution in [3.05, 3.63) is 95.1 Å². The summed E-state index contributed by atoms with van der Waals surface area (Å²) in [5, 5.41) is 2.78. The van der Waals surface area contributed by atoms with Crippen LogP contribution in [0.3, 0.4) is 0 Å². The highest BCUT2D eigenvalue weighted by Gasteiger charge is 2.16. The second-order valence-electron chi connectivity index (χ2n) is 6.92. The third-order valence-corrected chi connectivity index (χ3v) is 4.67. The molecule has 0 aliphatic carbocycles. The van der Waals surface area contributed by atoms with Gasteiger partial charge in [-0.25, -0.2) is 4.79 Å². The van der Waals surface area contributed by atoms with Crippen molar-refractivity contribution in [1.82, 2.24) is 0 Å². The molecule has 1 amide bonds. The Kier molecular flexibility index (Phi) is 7.17. The van der Waals surface area contributed by atoms with Crippen LogP contribution in [0, 0.1) is 0 Å². The Balaban J connectivity index is 1.71. The second-order valence-corrected chi connectivity index (χ2v) is 6.92. The Morgan fingerprint density at radius 1 is 0.903 bits per heavy atom. The first kappa shape index (κ1) is 21.8. The van der Waals surface area contributed by atoms with E-state index in [9.17, 15) is 14.4 Å². The lowest BCUT2D eigenvalue weighted by atomic mass is 10.1. The van der Waals surface area contributed by atoms with Gasteiger partial charge in [0.2, 0.25) is 5.91 Å². The highest BCUT2D eigenvalue weighted by atomic mass is 16.5. The molecule has 0 aliphatic heterocycles. The van der Waals surface area contributed by atoms with Crippen LogP contribution in [-0.2, 0) is 22.6 Å². The summed E-state index contributed by atoms with van der Waals surface area (Å²) >= 11 is 0. The number of hydrogen-bond acceptors (Lipinski definition) is 5. The number of amides is 1. The number of carbonyl (C=O) groups excluding carboxylic acids is 3. The lowest BCUT2D eigenvalue weighted by molar-refractivity contribution is -0.115. The standard InChI is InChI=1S/C25H23NO5/c1-17(27)19-12-13-23(30-2)20(15-19)16-31-25(29)21-10-6-7-11-22(21)26-24(28)14-18-8-4-3-5-9-18/h3-13,15H,14,16H2,1-2H3,(H,26,28). The maximum Gasteiger partial charge on any atom is 0.340 e. The van der Waals surface area contributed by atoms with Crippen LogP contribution in [0.25, 0.3) is 0 Å². The molecule has 6 heteroatoms. The summed E-state index contributed by atoms with van der Waals surface area (Å²) in [4.78, 5) is 36.8. The Morgan fingerprint density at radius 2 is 1.61 bits per heavy atom. The number of carbonyl (C=O) groups is 3. The van der Waals surface area contributed by atoms with Crippen LogP contribution in [0.5, 0.6) is 5.75 Å². The lowest BCUT2D eigenvalue weighted by Gasteiger charge is -2.13. The van der Waals surface area contributed by atoms with E-state index in [2.05, 4.69) is 5.32 Å². The number of methoxy groups -OCH3 is 1. The van der Waals surface area contributed by atoms with Gasteiger partial charge in [0.1, 0.15) is 12.4 Å². The Labute approximate surface area is 180 Å². The predicted octanol–water partition coefficient (Wildman–Crippen LogP) is 4.44. The molecule has 31 heavy (non-hydrogen) atoms. The van der Waals surface area contributed by atoms with E-state index in [1.54, 1.807) is 42.5 Å². The van der Waals surface area contributed by atoms with E-state index >= 15 is 0 Å². The molecular weight excluding hydrogens is 394 g/mol. The van der Waals surface area contributed by atoms with Crippen molar-refractivity contribution in [1.29, 1.82) is 0 Å². The van der Waals surface area contributed by atoms with Gasteiger partial charge in [-0.05, 0) is 42.8 Å². The fourth-order valence-corrected chi connectivity index (χ4v) is 3.08. The van der Waals surface area contributed by atoms with Gasteiger partial charge >= 0.3 is 5.97 Å². The molecule has 0 heterocycles. The van der Waals surface area contributed by atoms with E-state index < -0.39 is 5.97 Å². The van der Waals surface area contributed by atoms with Crippen molar-refractivity contribution in [3.8, 4) is 5.75 Å². The minimum atomic E-state index is -0.592. The molecule has 6 nitrogen and oxygen atoms in total. The molecule has 0 aliphatic rings. The zero-order valence-corrected chi connectivity index (χ0v) is 17.4. The Bertz CT molecular complexity index is 1090. The highest BCUT2D eigenvalue weighted by Crippen LogP contribution is 2.23. The van der Waals surface area contributed by atoms with Crippen molar-refractivity contribution in [2.24, 2.45) is 0 Å². The van der Waals surface area contributed by atoms with Crippen molar-refractivity contribution in [3.63, 3.8) is 0 Å². The van der Waals surface area contributed by atoms with E-state index in [-0.39, 0.29) is 30.3 Å². The van der Waals surface area contributed by atoms with Crippen LogP contribution in [0.1, 0.15) is 38.8 Å². The predicted molar refractivity (Wildman–Crippen MR) is 117 cm³/mol. The van der Waals surface area contributed by atoms with Gasteiger partial charge < -0.3 is 14.8 Å². The van der Waals surface area contributed by atoms with Gasteiger partial charge in [0.25, 0.3) is 0 Å². The Morgan fingerprint density at radius 3 is 2.32 bits per heavy atom. The number of rotatable bonds is 8. The number of Topliss-reactive ketones (excluding diaryl/α,β-unsaturated/α-hetero) is 1. The average Bonchev–Trinajstić information content (AvgIpc) is 2.78. The molecule has 0 radical (unpaired) electrons. The molecule has 0 bridgehead atoms. The highest BCUT2D eigenvalue weighted by molar-refractivity contribution is 6.01. The Hall–Kier alpha value is -3.93. The van der Waals surface area contributed by atoms with Crippen LogP contribution in [0.4, 0.5) is 5.69 Å². The first-order chi connectivity index (χ1) is 15.0. The maximum absolute atomic E-state index is 12.7. The van der Waals surface area contributed by atoms with E-state index in [0.717, 1.165) is 5.56 Å². The molecule has 0 aromatic heterocycles. The molecule has 0 saturated carbocycles. The van der Waals surface area contributed by atoms with Gasteiger partial charge in [0, 0.05) is 11.1 Å². The monoisotopic (exact) mass is 417 g/mol. The zero-order valence-electron chi connectivity index (χ0n) is 17.4. The van der Waals surface area contributed by atoms with E-state index in [1.165, 1.54) is 14.0 Å². The van der Waals surface area contributed by atoms with Gasteiger partial charge in [0.05, 0.1) is 24.8 Å². The maximum atomic E-state index is 12.7. The van der Waals surface area contributed by atoms with Crippen molar-refractivity contribution < 1.29 is 23.9 Å². The number of para-hydroxylation sites is 1. The molecule has 3 rings (SSSR count). The third-order valence-electron chi connectivity index (χ3n) is 4.67. The fraction of sp³-hybridized carbons (Fsp3) is 0.160. The van der Waals surface area contributed by atoms with Crippen LogP contribution in [0.15, 0.2) is 72.8 Å². The minimum absolute atomic E-state index is 0.0740. The number of anilines is 1. The zero-order chi connectivity index (χ0) is 22.2. The average molecular weight is 417 g/mol. The van der Waals surface area contributed by atoms with Gasteiger partial charge in [-0.2, -0.15) is 0 Å². The molecule has 0 unspecified atom stereocenters. The summed E-state index contributed by atoms with van der Waals surface area (Å²) in [6, 6.07) is 21.0. The summed E-state index contributed by atoms with van der Waals surface area (Å²) in [7, 11) is 1.51. The normalized spacial score (nSPS) is 10.3. The van der Waals surface area contributed by atoms with Crippen LogP contribution >= 0.6 is 0 Å². The van der Waals surface area contributed by atoms with E-state index in [4.69, 9.17) is 9.47 Å². The van der Waals surface area contributed by atoms with Crippen molar-refractivity contribution >= 4 is 23.3 Å². The fourth-order valence-electron chi connectivity index (χ4n) is 3.08. The van der Waals surface area contributed by atoms with E-state index in [0.29, 0.717) is 22.6 Å². The van der Waals surface area contributed by atoms with Gasteiger partial charge in [-0.15, -0.1) is 0 Å². The van der Waals surface area contributed by atoms with Crippen LogP contribution in [0.2, 0.25) is 0 Å². The van der Waals surface area contributed by atoms with Gasteiger partial charge in [-0.3, -0.25) is 9.59 Å². The first-order valence-electron chi connectivity index (χ1n) is 9.75. The summed E-state index contributed by atoms with van der Waals surface area (Å²) < 4.78 is 10.7. The molecule has 0 atom stereocenters. The minimum Gasteiger partial charge on any atom is -0.496 e. The number of ketones is 1. The second kappa shape index (κ2) is 10.2. The summed E-state index contributed by atoms with van der Waals surface area (Å²) in [5.74, 6) is -0.405. The van der Waals surface area contributed by atoms with Gasteiger partial charge in [0.15, 0.2) is 5.78 Å². The summed E-state index contributed by atoms with van der Waals surface area (Å²) in [6.07, 6.45) is 0.194. The SMILES string of the molecule is COc1ccc(C(C)=O)cc1COC(=O)c1ccccc1NC(=O)Cc1ccccc1. The lowest BCUT2D eigenvalue weighted by Crippen LogP contribution is -2.17. The number of benzene rings is 3. The number of nitrogens with one attached hydrogen (secondary N) is 1. The summed E-state index contributed by atoms with van der Waals surface area (Å²) in [5.41, 5.74) is 2.57. The molecule has 1 N–H and O–H groups in total. The topological polar surface area (TPSA) is 81.7 Å². The molecule has 0 spiro atoms.